The van der Waals surface area contributed by atoms with Crippen LogP contribution in [0.5, 0.6) is 0 Å². The van der Waals surface area contributed by atoms with Gasteiger partial charge in [-0.05, 0) is 38.0 Å². The number of nitrogens with zero attached hydrogens (tertiary/aromatic N) is 1. The minimum Gasteiger partial charge on any atom is -0.336 e. The van der Waals surface area contributed by atoms with E-state index < -0.39 is 19.9 Å². The number of nitrogens with one attached hydrogen (secondary N) is 1. The van der Waals surface area contributed by atoms with E-state index in [0.29, 0.717) is 12.1 Å². The molecule has 0 spiro atoms. The number of hydrogen-bond donors (Lipinski definition) is 1. The van der Waals surface area contributed by atoms with E-state index in [-0.39, 0.29) is 29.1 Å². The third-order valence-corrected chi connectivity index (χ3v) is 6.37. The van der Waals surface area contributed by atoms with Gasteiger partial charge in [0.25, 0.3) is 5.91 Å². The normalized spacial score (nSPS) is 18.8. The molecule has 1 saturated heterocycles. The summed E-state index contributed by atoms with van der Waals surface area (Å²) in [5.74, 6) is -0.468. The number of likely N-dealkylation sites (tertiary alicyclic amines) is 1. The fraction of sp³-hybridized carbons (Fsp3) is 0.533. The van der Waals surface area contributed by atoms with Crippen LogP contribution in [-0.4, -0.2) is 58.8 Å². The van der Waals surface area contributed by atoms with Crippen molar-refractivity contribution in [3.63, 3.8) is 0 Å². The molecule has 1 atom stereocenters. The maximum absolute atomic E-state index is 12.5. The molecule has 9 heteroatoms. The maximum atomic E-state index is 12.5. The van der Waals surface area contributed by atoms with Gasteiger partial charge in [0.2, 0.25) is 10.0 Å². The quantitative estimate of drug-likeness (QED) is 0.787. The van der Waals surface area contributed by atoms with Crippen LogP contribution in [-0.2, 0) is 19.9 Å². The molecule has 0 radical (unpaired) electrons. The van der Waals surface area contributed by atoms with Crippen molar-refractivity contribution >= 4 is 25.8 Å². The highest BCUT2D eigenvalue weighted by molar-refractivity contribution is 7.91. The van der Waals surface area contributed by atoms with Gasteiger partial charge in [-0.25, -0.2) is 21.6 Å². The molecule has 134 valence electrons. The van der Waals surface area contributed by atoms with E-state index in [1.165, 1.54) is 18.2 Å². The first-order valence-electron chi connectivity index (χ1n) is 7.68. The maximum Gasteiger partial charge on any atom is 0.254 e. The zero-order valence-corrected chi connectivity index (χ0v) is 15.4. The Morgan fingerprint density at radius 1 is 1.29 bits per heavy atom. The van der Waals surface area contributed by atoms with Crippen molar-refractivity contribution in [1.29, 1.82) is 0 Å². The number of hydrogen-bond acceptors (Lipinski definition) is 5. The molecule has 7 nitrogen and oxygen atoms in total. The van der Waals surface area contributed by atoms with Crippen molar-refractivity contribution in [3.8, 4) is 0 Å². The highest BCUT2D eigenvalue weighted by Crippen LogP contribution is 2.21. The van der Waals surface area contributed by atoms with Crippen molar-refractivity contribution in [3.05, 3.63) is 29.8 Å². The van der Waals surface area contributed by atoms with Gasteiger partial charge in [-0.2, -0.15) is 0 Å². The van der Waals surface area contributed by atoms with Crippen LogP contribution < -0.4 is 4.72 Å². The van der Waals surface area contributed by atoms with Crippen LogP contribution in [0.15, 0.2) is 29.2 Å². The molecular formula is C15H22N2O5S2. The summed E-state index contributed by atoms with van der Waals surface area (Å²) in [6, 6.07) is 5.95. The highest BCUT2D eigenvalue weighted by Gasteiger charge is 2.26. The van der Waals surface area contributed by atoms with Crippen LogP contribution in [0.25, 0.3) is 0 Å². The number of benzene rings is 1. The molecule has 1 N–H and O–H groups in total. The van der Waals surface area contributed by atoms with E-state index >= 15 is 0 Å². The minimum atomic E-state index is -3.86. The first-order valence-corrected chi connectivity index (χ1v) is 11.2. The minimum absolute atomic E-state index is 0.0475. The Kier molecular flexibility index (Phi) is 5.67. The molecule has 1 aromatic carbocycles. The molecule has 1 amide bonds. The van der Waals surface area contributed by atoms with E-state index in [4.69, 9.17) is 0 Å². The summed E-state index contributed by atoms with van der Waals surface area (Å²) in [6.07, 6.45) is 2.92. The Hall–Kier alpha value is -1.45. The van der Waals surface area contributed by atoms with Crippen molar-refractivity contribution in [2.75, 3.05) is 25.1 Å². The Balaban J connectivity index is 2.15. The van der Waals surface area contributed by atoms with Gasteiger partial charge >= 0.3 is 0 Å². The van der Waals surface area contributed by atoms with Gasteiger partial charge in [0.15, 0.2) is 0 Å². The summed E-state index contributed by atoms with van der Waals surface area (Å²) in [4.78, 5) is 14.2. The van der Waals surface area contributed by atoms with Gasteiger partial charge in [-0.1, -0.05) is 6.07 Å². The molecule has 1 fully saturated rings. The average molecular weight is 374 g/mol. The number of rotatable bonds is 6. The Morgan fingerprint density at radius 2 is 2.00 bits per heavy atom. The largest absolute Gasteiger partial charge is 0.336 e. The third-order valence-electron chi connectivity index (χ3n) is 3.97. The van der Waals surface area contributed by atoms with Gasteiger partial charge in [-0.3, -0.25) is 4.79 Å². The lowest BCUT2D eigenvalue weighted by molar-refractivity contribution is 0.0747. The van der Waals surface area contributed by atoms with Crippen LogP contribution in [0.3, 0.4) is 0 Å². The van der Waals surface area contributed by atoms with Crippen LogP contribution in [0.2, 0.25) is 0 Å². The standard InChI is InChI=1S/C15H22N2O5S2/c1-12-5-4-9-17(12)15(18)13-6-3-7-14(11-13)24(21,22)16-8-10-23(2,19)20/h3,6-7,11-12,16H,4-5,8-10H2,1-2H3/t12-/m1/s1. The fourth-order valence-electron chi connectivity index (χ4n) is 2.64. The zero-order valence-electron chi connectivity index (χ0n) is 13.7. The highest BCUT2D eigenvalue weighted by atomic mass is 32.2. The second-order valence-electron chi connectivity index (χ2n) is 6.05. The molecule has 0 unspecified atom stereocenters. The third kappa shape index (κ3) is 4.78. The van der Waals surface area contributed by atoms with Gasteiger partial charge in [0.1, 0.15) is 9.84 Å². The lowest BCUT2D eigenvalue weighted by Crippen LogP contribution is -2.34. The fourth-order valence-corrected chi connectivity index (χ4v) is 4.32. The van der Waals surface area contributed by atoms with E-state index in [9.17, 15) is 21.6 Å². The second-order valence-corrected chi connectivity index (χ2v) is 10.1. The molecule has 0 bridgehead atoms. The van der Waals surface area contributed by atoms with Gasteiger partial charge in [0, 0.05) is 31.0 Å². The summed E-state index contributed by atoms with van der Waals surface area (Å²) < 4.78 is 48.9. The monoisotopic (exact) mass is 374 g/mol. The van der Waals surface area contributed by atoms with E-state index in [1.54, 1.807) is 11.0 Å². The molecule has 24 heavy (non-hydrogen) atoms. The van der Waals surface area contributed by atoms with Crippen LogP contribution in [0.4, 0.5) is 0 Å². The molecule has 1 heterocycles. The smallest absolute Gasteiger partial charge is 0.254 e. The van der Waals surface area contributed by atoms with Gasteiger partial charge in [-0.15, -0.1) is 0 Å². The molecule has 2 rings (SSSR count). The van der Waals surface area contributed by atoms with E-state index in [1.807, 2.05) is 6.92 Å². The molecule has 1 aromatic rings. The van der Waals surface area contributed by atoms with Crippen LogP contribution >= 0.6 is 0 Å². The van der Waals surface area contributed by atoms with Crippen molar-refractivity contribution in [1.82, 2.24) is 9.62 Å². The first-order chi connectivity index (χ1) is 11.1. The predicted octanol–water partition coefficient (Wildman–Crippen LogP) is 0.634. The van der Waals surface area contributed by atoms with E-state index in [0.717, 1.165) is 19.1 Å². The number of amides is 1. The molecule has 0 aromatic heterocycles. The van der Waals surface area contributed by atoms with Crippen molar-refractivity contribution in [2.45, 2.75) is 30.7 Å². The summed E-state index contributed by atoms with van der Waals surface area (Å²) in [5, 5.41) is 0. The zero-order chi connectivity index (χ0) is 18.0. The SMILES string of the molecule is C[C@@H]1CCCN1C(=O)c1cccc(S(=O)(=O)NCCS(C)(=O)=O)c1. The Labute approximate surface area is 143 Å². The number of carbonyl (C=O) groups excluding carboxylic acids is 1. The molecule has 1 aliphatic rings. The van der Waals surface area contributed by atoms with Gasteiger partial charge < -0.3 is 4.90 Å². The van der Waals surface area contributed by atoms with Crippen LogP contribution in [0, 0.1) is 0 Å². The lowest BCUT2D eigenvalue weighted by Gasteiger charge is -2.21. The van der Waals surface area contributed by atoms with Crippen molar-refractivity contribution in [2.24, 2.45) is 0 Å². The molecule has 0 aliphatic carbocycles. The number of sulfonamides is 1. The van der Waals surface area contributed by atoms with E-state index in [2.05, 4.69) is 4.72 Å². The average Bonchev–Trinajstić information content (AvgIpc) is 2.91. The first kappa shape index (κ1) is 18.9. The summed E-state index contributed by atoms with van der Waals surface area (Å²) in [5.41, 5.74) is 0.315. The molecule has 1 aliphatic heterocycles. The molecule has 0 saturated carbocycles. The summed E-state index contributed by atoms with van der Waals surface area (Å²) in [6.45, 7) is 2.43. The van der Waals surface area contributed by atoms with Crippen LogP contribution in [0.1, 0.15) is 30.1 Å². The number of carbonyl (C=O) groups is 1. The summed E-state index contributed by atoms with van der Waals surface area (Å²) >= 11 is 0. The van der Waals surface area contributed by atoms with Gasteiger partial charge in [0.05, 0.1) is 10.6 Å². The summed E-state index contributed by atoms with van der Waals surface area (Å²) in [7, 11) is -7.12. The Bertz CT molecular complexity index is 818. The Morgan fingerprint density at radius 3 is 2.58 bits per heavy atom. The second kappa shape index (κ2) is 7.20. The predicted molar refractivity (Wildman–Crippen MR) is 91.1 cm³/mol. The van der Waals surface area contributed by atoms with Crippen molar-refractivity contribution < 1.29 is 21.6 Å². The molecular weight excluding hydrogens is 352 g/mol. The topological polar surface area (TPSA) is 101 Å². The lowest BCUT2D eigenvalue weighted by atomic mass is 10.2. The number of sulfone groups is 1.